The van der Waals surface area contributed by atoms with Gasteiger partial charge in [0.15, 0.2) is 6.29 Å². The number of fused-ring (bicyclic) bond motifs is 1. The average Bonchev–Trinajstić information content (AvgIpc) is 3.08. The number of carbonyl (C=O) groups is 1. The van der Waals surface area contributed by atoms with Gasteiger partial charge in [-0.2, -0.15) is 18.3 Å². The number of halogens is 3. The van der Waals surface area contributed by atoms with Crippen LogP contribution in [0.2, 0.25) is 0 Å². The van der Waals surface area contributed by atoms with Gasteiger partial charge in [-0.1, -0.05) is 0 Å². The lowest BCUT2D eigenvalue weighted by Gasteiger charge is -2.17. The van der Waals surface area contributed by atoms with Crippen molar-refractivity contribution in [2.24, 2.45) is 18.9 Å². The molecular weight excluding hydrogens is 309 g/mol. The van der Waals surface area contributed by atoms with E-state index in [1.165, 1.54) is 4.68 Å². The summed E-state index contributed by atoms with van der Waals surface area (Å²) in [7, 11) is 1.71. The number of anilines is 1. The van der Waals surface area contributed by atoms with Gasteiger partial charge in [0, 0.05) is 19.0 Å². The molecule has 8 heteroatoms. The van der Waals surface area contributed by atoms with Crippen molar-refractivity contribution < 1.29 is 18.0 Å². The predicted octanol–water partition coefficient (Wildman–Crippen LogP) is 2.24. The van der Waals surface area contributed by atoms with Crippen molar-refractivity contribution in [3.63, 3.8) is 0 Å². The molecule has 0 amide bonds. The lowest BCUT2D eigenvalue weighted by Crippen LogP contribution is -2.36. The van der Waals surface area contributed by atoms with Gasteiger partial charge in [0.2, 0.25) is 0 Å². The summed E-state index contributed by atoms with van der Waals surface area (Å²) in [5.74, 6) is 1.34. The lowest BCUT2D eigenvalue weighted by molar-refractivity contribution is -0.126. The molecule has 0 bridgehead atoms. The zero-order chi connectivity index (χ0) is 16.8. The molecule has 2 aliphatic rings. The molecule has 0 saturated heterocycles. The van der Waals surface area contributed by atoms with Crippen LogP contribution in [-0.2, 0) is 7.05 Å². The Balaban J connectivity index is 1.62. The SMILES string of the molecule is Cn1nc(C2CC3CC(NCC(F)(F)F)CC3C2)c(C=O)c1N. The summed E-state index contributed by atoms with van der Waals surface area (Å²) in [5.41, 5.74) is 7.06. The highest BCUT2D eigenvalue weighted by Gasteiger charge is 2.44. The smallest absolute Gasteiger partial charge is 0.383 e. The summed E-state index contributed by atoms with van der Waals surface area (Å²) in [6, 6.07) is -0.0630. The van der Waals surface area contributed by atoms with E-state index in [4.69, 9.17) is 5.73 Å². The molecule has 2 aliphatic carbocycles. The van der Waals surface area contributed by atoms with Gasteiger partial charge in [-0.25, -0.2) is 0 Å². The van der Waals surface area contributed by atoms with Gasteiger partial charge in [0.25, 0.3) is 0 Å². The molecular formula is C15H21F3N4O. The fraction of sp³-hybridized carbons (Fsp3) is 0.733. The molecule has 2 saturated carbocycles. The number of nitrogen functional groups attached to an aromatic ring is 1. The third-order valence-corrected chi connectivity index (χ3v) is 5.27. The Kier molecular flexibility index (Phi) is 4.12. The zero-order valence-corrected chi connectivity index (χ0v) is 12.9. The average molecular weight is 330 g/mol. The number of carbonyl (C=O) groups excluding carboxylic acids is 1. The Morgan fingerprint density at radius 2 is 1.91 bits per heavy atom. The van der Waals surface area contributed by atoms with E-state index in [1.54, 1.807) is 7.05 Å². The van der Waals surface area contributed by atoms with Crippen LogP contribution in [0.4, 0.5) is 19.0 Å². The quantitative estimate of drug-likeness (QED) is 0.831. The van der Waals surface area contributed by atoms with Crippen molar-refractivity contribution in [3.8, 4) is 0 Å². The van der Waals surface area contributed by atoms with Gasteiger partial charge in [0.05, 0.1) is 17.8 Å². The van der Waals surface area contributed by atoms with Gasteiger partial charge in [0.1, 0.15) is 5.82 Å². The van der Waals surface area contributed by atoms with E-state index in [9.17, 15) is 18.0 Å². The van der Waals surface area contributed by atoms with Crippen LogP contribution >= 0.6 is 0 Å². The second kappa shape index (κ2) is 5.81. The minimum absolute atomic E-state index is 0.0630. The second-order valence-electron chi connectivity index (χ2n) is 6.78. The molecule has 128 valence electrons. The number of aldehydes is 1. The highest BCUT2D eigenvalue weighted by Crippen LogP contribution is 2.51. The first-order valence-electron chi connectivity index (χ1n) is 7.86. The normalized spacial score (nSPS) is 30.6. The number of aromatic nitrogens is 2. The minimum Gasteiger partial charge on any atom is -0.383 e. The van der Waals surface area contributed by atoms with E-state index in [1.807, 2.05) is 0 Å². The topological polar surface area (TPSA) is 72.9 Å². The van der Waals surface area contributed by atoms with Crippen LogP contribution in [0.1, 0.15) is 47.7 Å². The highest BCUT2D eigenvalue weighted by atomic mass is 19.4. The first kappa shape index (κ1) is 16.3. The van der Waals surface area contributed by atoms with Crippen molar-refractivity contribution in [1.29, 1.82) is 0 Å². The molecule has 0 radical (unpaired) electrons. The largest absolute Gasteiger partial charge is 0.401 e. The molecule has 0 aromatic carbocycles. The maximum absolute atomic E-state index is 12.3. The van der Waals surface area contributed by atoms with Gasteiger partial charge >= 0.3 is 6.18 Å². The van der Waals surface area contributed by atoms with Crippen molar-refractivity contribution in [1.82, 2.24) is 15.1 Å². The Morgan fingerprint density at radius 3 is 2.43 bits per heavy atom. The van der Waals surface area contributed by atoms with Crippen LogP contribution in [0.3, 0.4) is 0 Å². The van der Waals surface area contributed by atoms with E-state index < -0.39 is 12.7 Å². The van der Waals surface area contributed by atoms with Crippen LogP contribution in [0.5, 0.6) is 0 Å². The van der Waals surface area contributed by atoms with Crippen LogP contribution in [0, 0.1) is 11.8 Å². The standard InChI is InChI=1S/C15H21F3N4O/c1-22-14(19)12(6-23)13(21-22)10-2-8-4-11(5-9(8)3-10)20-7-15(16,17)18/h6,8-11,20H,2-5,7,19H2,1H3. The third-order valence-electron chi connectivity index (χ3n) is 5.27. The first-order chi connectivity index (χ1) is 10.8. The van der Waals surface area contributed by atoms with Crippen molar-refractivity contribution in [2.75, 3.05) is 12.3 Å². The predicted molar refractivity (Wildman–Crippen MR) is 79.0 cm³/mol. The number of rotatable bonds is 4. The molecule has 2 unspecified atom stereocenters. The molecule has 23 heavy (non-hydrogen) atoms. The number of alkyl halides is 3. The summed E-state index contributed by atoms with van der Waals surface area (Å²) in [4.78, 5) is 11.2. The van der Waals surface area contributed by atoms with Crippen LogP contribution in [-0.4, -0.2) is 34.8 Å². The maximum Gasteiger partial charge on any atom is 0.401 e. The molecule has 5 nitrogen and oxygen atoms in total. The summed E-state index contributed by atoms with van der Waals surface area (Å²) in [5, 5.41) is 6.99. The van der Waals surface area contributed by atoms with Gasteiger partial charge < -0.3 is 11.1 Å². The summed E-state index contributed by atoms with van der Waals surface area (Å²) in [6.07, 6.45) is -0.158. The van der Waals surface area contributed by atoms with Gasteiger partial charge in [-0.15, -0.1) is 0 Å². The Morgan fingerprint density at radius 1 is 1.30 bits per heavy atom. The molecule has 3 N–H and O–H groups in total. The van der Waals surface area contributed by atoms with Gasteiger partial charge in [-0.05, 0) is 37.5 Å². The van der Waals surface area contributed by atoms with Crippen LogP contribution in [0.25, 0.3) is 0 Å². The highest BCUT2D eigenvalue weighted by molar-refractivity contribution is 5.83. The van der Waals surface area contributed by atoms with Crippen LogP contribution < -0.4 is 11.1 Å². The van der Waals surface area contributed by atoms with E-state index in [0.717, 1.165) is 37.7 Å². The van der Waals surface area contributed by atoms with Crippen molar-refractivity contribution in [2.45, 2.75) is 43.8 Å². The number of nitrogens with one attached hydrogen (secondary N) is 1. The Labute approximate surface area is 132 Å². The summed E-state index contributed by atoms with van der Waals surface area (Å²) < 4.78 is 38.4. The molecule has 2 fully saturated rings. The zero-order valence-electron chi connectivity index (χ0n) is 12.9. The number of aryl methyl sites for hydroxylation is 1. The fourth-order valence-electron chi connectivity index (χ4n) is 4.26. The first-order valence-corrected chi connectivity index (χ1v) is 7.86. The second-order valence-corrected chi connectivity index (χ2v) is 6.78. The molecule has 0 aliphatic heterocycles. The molecule has 3 rings (SSSR count). The van der Waals surface area contributed by atoms with Gasteiger partial charge in [-0.3, -0.25) is 9.48 Å². The molecule has 0 spiro atoms. The fourth-order valence-corrected chi connectivity index (χ4v) is 4.26. The van der Waals surface area contributed by atoms with E-state index in [0.29, 0.717) is 23.2 Å². The molecule has 1 heterocycles. The number of nitrogens with two attached hydrogens (primary N) is 1. The minimum atomic E-state index is -4.16. The van der Waals surface area contributed by atoms with Crippen molar-refractivity contribution >= 4 is 12.1 Å². The number of nitrogens with zero attached hydrogens (tertiary/aromatic N) is 2. The van der Waals surface area contributed by atoms with Crippen LogP contribution in [0.15, 0.2) is 0 Å². The van der Waals surface area contributed by atoms with E-state index in [-0.39, 0.29) is 12.0 Å². The summed E-state index contributed by atoms with van der Waals surface area (Å²) >= 11 is 0. The third kappa shape index (κ3) is 3.22. The summed E-state index contributed by atoms with van der Waals surface area (Å²) in [6.45, 7) is -0.924. The Hall–Kier alpha value is -1.57. The van der Waals surface area contributed by atoms with Crippen molar-refractivity contribution in [3.05, 3.63) is 11.3 Å². The monoisotopic (exact) mass is 330 g/mol. The van der Waals surface area contributed by atoms with E-state index in [2.05, 4.69) is 10.4 Å². The van der Waals surface area contributed by atoms with E-state index >= 15 is 0 Å². The molecule has 2 atom stereocenters. The lowest BCUT2D eigenvalue weighted by atomic mass is 9.96. The number of hydrogen-bond acceptors (Lipinski definition) is 4. The Bertz CT molecular complexity index is 584. The number of hydrogen-bond donors (Lipinski definition) is 2. The maximum atomic E-state index is 12.3. The molecule has 1 aromatic heterocycles. The molecule has 1 aromatic rings.